The molecule has 0 unspecified atom stereocenters. The molecule has 0 fully saturated rings. The molecule has 0 aliphatic carbocycles. The van der Waals surface area contributed by atoms with E-state index in [1.807, 2.05) is 32.0 Å². The van der Waals surface area contributed by atoms with E-state index in [-0.39, 0.29) is 0 Å². The molecule has 2 N–H and O–H groups in total. The third-order valence-electron chi connectivity index (χ3n) is 2.19. The summed E-state index contributed by atoms with van der Waals surface area (Å²) in [7, 11) is 3.88. The Hall–Kier alpha value is -1.84. The zero-order chi connectivity index (χ0) is 11.4. The Morgan fingerprint density at radius 1 is 1.53 bits per heavy atom. The second kappa shape index (κ2) is 4.59. The second-order valence-electron chi connectivity index (χ2n) is 3.51. The van der Waals surface area contributed by atoms with Crippen LogP contribution in [0.5, 0.6) is 0 Å². The first kappa shape index (κ1) is 11.2. The molecule has 0 radical (unpaired) electrons. The molecule has 0 bridgehead atoms. The van der Waals surface area contributed by atoms with Gasteiger partial charge >= 0.3 is 0 Å². The van der Waals surface area contributed by atoms with E-state index in [1.54, 1.807) is 12.3 Å². The van der Waals surface area contributed by atoms with Crippen molar-refractivity contribution in [3.8, 4) is 0 Å². The summed E-state index contributed by atoms with van der Waals surface area (Å²) in [4.78, 5) is 17.0. The van der Waals surface area contributed by atoms with Crippen molar-refractivity contribution in [3.05, 3.63) is 35.3 Å². The van der Waals surface area contributed by atoms with Crippen molar-refractivity contribution < 1.29 is 4.79 Å². The standard InChI is InChI=1S/C11H15N3O/c1-8(14(2)3)6-9-4-5-13-7-10(9)11(12)15/h4-7H,1-3H3,(H2,12,15). The molecule has 0 saturated carbocycles. The van der Waals surface area contributed by atoms with E-state index in [0.717, 1.165) is 11.3 Å². The summed E-state index contributed by atoms with van der Waals surface area (Å²) >= 11 is 0. The fourth-order valence-electron chi connectivity index (χ4n) is 1.09. The fraction of sp³-hybridized carbons (Fsp3) is 0.273. The van der Waals surface area contributed by atoms with Gasteiger partial charge in [-0.25, -0.2) is 0 Å². The third-order valence-corrected chi connectivity index (χ3v) is 2.19. The first-order valence-electron chi connectivity index (χ1n) is 4.62. The Balaban J connectivity index is 3.15. The fourth-order valence-corrected chi connectivity index (χ4v) is 1.09. The van der Waals surface area contributed by atoms with E-state index in [0.29, 0.717) is 5.56 Å². The normalized spacial score (nSPS) is 11.3. The molecule has 0 atom stereocenters. The van der Waals surface area contributed by atoms with Gasteiger partial charge in [-0.2, -0.15) is 0 Å². The Bertz CT molecular complexity index is 397. The topological polar surface area (TPSA) is 59.2 Å². The predicted molar refractivity (Wildman–Crippen MR) is 60.1 cm³/mol. The summed E-state index contributed by atoms with van der Waals surface area (Å²) in [6, 6.07) is 1.77. The number of nitrogens with two attached hydrogens (primary N) is 1. The number of hydrogen-bond acceptors (Lipinski definition) is 3. The molecule has 1 rings (SSSR count). The lowest BCUT2D eigenvalue weighted by atomic mass is 10.1. The highest BCUT2D eigenvalue weighted by atomic mass is 16.1. The van der Waals surface area contributed by atoms with Crippen LogP contribution in [-0.4, -0.2) is 29.9 Å². The van der Waals surface area contributed by atoms with Gasteiger partial charge in [0.1, 0.15) is 0 Å². The van der Waals surface area contributed by atoms with E-state index in [9.17, 15) is 4.79 Å². The molecule has 1 amide bonds. The van der Waals surface area contributed by atoms with Crippen LogP contribution < -0.4 is 5.73 Å². The van der Waals surface area contributed by atoms with Crippen LogP contribution in [-0.2, 0) is 0 Å². The number of aromatic nitrogens is 1. The lowest BCUT2D eigenvalue weighted by Crippen LogP contribution is -2.14. The minimum absolute atomic E-state index is 0.443. The minimum atomic E-state index is -0.457. The first-order valence-corrected chi connectivity index (χ1v) is 4.62. The van der Waals surface area contributed by atoms with Crippen LogP contribution in [0.1, 0.15) is 22.8 Å². The molecule has 0 spiro atoms. The van der Waals surface area contributed by atoms with Crippen LogP contribution in [0, 0.1) is 0 Å². The van der Waals surface area contributed by atoms with Crippen molar-refractivity contribution in [3.63, 3.8) is 0 Å². The highest BCUT2D eigenvalue weighted by Gasteiger charge is 2.06. The largest absolute Gasteiger partial charge is 0.381 e. The molecule has 1 aromatic rings. The van der Waals surface area contributed by atoms with Crippen LogP contribution in [0.25, 0.3) is 6.08 Å². The van der Waals surface area contributed by atoms with Crippen molar-refractivity contribution in [1.82, 2.24) is 9.88 Å². The van der Waals surface area contributed by atoms with E-state index >= 15 is 0 Å². The minimum Gasteiger partial charge on any atom is -0.381 e. The van der Waals surface area contributed by atoms with Crippen molar-refractivity contribution in [2.24, 2.45) is 5.73 Å². The molecule has 0 aliphatic heterocycles. The van der Waals surface area contributed by atoms with Crippen molar-refractivity contribution >= 4 is 12.0 Å². The van der Waals surface area contributed by atoms with Crippen LogP contribution in [0.3, 0.4) is 0 Å². The number of allylic oxidation sites excluding steroid dienone is 1. The SMILES string of the molecule is CC(=Cc1ccncc1C(N)=O)N(C)C. The highest BCUT2D eigenvalue weighted by Crippen LogP contribution is 2.12. The average Bonchev–Trinajstić information content (AvgIpc) is 2.18. The maximum absolute atomic E-state index is 11.1. The van der Waals surface area contributed by atoms with Gasteiger partial charge in [0.25, 0.3) is 5.91 Å². The lowest BCUT2D eigenvalue weighted by Gasteiger charge is -2.13. The van der Waals surface area contributed by atoms with Crippen molar-refractivity contribution in [2.75, 3.05) is 14.1 Å². The molecule has 15 heavy (non-hydrogen) atoms. The van der Waals surface area contributed by atoms with Gasteiger partial charge in [0.05, 0.1) is 5.56 Å². The van der Waals surface area contributed by atoms with Gasteiger partial charge in [0, 0.05) is 32.2 Å². The van der Waals surface area contributed by atoms with E-state index < -0.39 is 5.91 Å². The van der Waals surface area contributed by atoms with Gasteiger partial charge in [-0.1, -0.05) is 0 Å². The maximum atomic E-state index is 11.1. The molecule has 1 heterocycles. The number of primary amides is 1. The first-order chi connectivity index (χ1) is 7.02. The molecule has 0 aliphatic rings. The monoisotopic (exact) mass is 205 g/mol. The van der Waals surface area contributed by atoms with Gasteiger partial charge in [0.15, 0.2) is 0 Å². The summed E-state index contributed by atoms with van der Waals surface area (Å²) < 4.78 is 0. The summed E-state index contributed by atoms with van der Waals surface area (Å²) in [5.41, 5.74) is 7.53. The highest BCUT2D eigenvalue weighted by molar-refractivity contribution is 5.96. The zero-order valence-corrected chi connectivity index (χ0v) is 9.19. The molecular formula is C11H15N3O. The van der Waals surface area contributed by atoms with Crippen LogP contribution in [0.4, 0.5) is 0 Å². The Morgan fingerprint density at radius 2 is 2.20 bits per heavy atom. The molecule has 80 valence electrons. The lowest BCUT2D eigenvalue weighted by molar-refractivity contribution is 0.1000. The molecule has 4 nitrogen and oxygen atoms in total. The predicted octanol–water partition coefficient (Wildman–Crippen LogP) is 1.10. The van der Waals surface area contributed by atoms with E-state index in [2.05, 4.69) is 4.98 Å². The number of carbonyl (C=O) groups excluding carboxylic acids is 1. The van der Waals surface area contributed by atoms with E-state index in [1.165, 1.54) is 6.20 Å². The number of hydrogen-bond donors (Lipinski definition) is 1. The van der Waals surface area contributed by atoms with Crippen molar-refractivity contribution in [1.29, 1.82) is 0 Å². The molecule has 0 saturated heterocycles. The Labute approximate surface area is 89.4 Å². The van der Waals surface area contributed by atoms with Gasteiger partial charge in [-0.3, -0.25) is 9.78 Å². The van der Waals surface area contributed by atoms with Gasteiger partial charge in [-0.05, 0) is 24.6 Å². The number of amides is 1. The number of carbonyl (C=O) groups is 1. The molecule has 4 heteroatoms. The van der Waals surface area contributed by atoms with Crippen LogP contribution in [0.2, 0.25) is 0 Å². The Morgan fingerprint density at radius 3 is 2.73 bits per heavy atom. The number of pyridine rings is 1. The summed E-state index contributed by atoms with van der Waals surface area (Å²) in [6.07, 6.45) is 5.03. The number of rotatable bonds is 3. The van der Waals surface area contributed by atoms with Crippen molar-refractivity contribution in [2.45, 2.75) is 6.92 Å². The molecular weight excluding hydrogens is 190 g/mol. The van der Waals surface area contributed by atoms with Gasteiger partial charge in [-0.15, -0.1) is 0 Å². The van der Waals surface area contributed by atoms with E-state index in [4.69, 9.17) is 5.73 Å². The Kier molecular flexibility index (Phi) is 3.44. The maximum Gasteiger partial charge on any atom is 0.250 e. The summed E-state index contributed by atoms with van der Waals surface area (Å²) in [5.74, 6) is -0.457. The average molecular weight is 205 g/mol. The van der Waals surface area contributed by atoms with Gasteiger partial charge in [0.2, 0.25) is 0 Å². The summed E-state index contributed by atoms with van der Waals surface area (Å²) in [6.45, 7) is 1.96. The van der Waals surface area contributed by atoms with Crippen LogP contribution >= 0.6 is 0 Å². The smallest absolute Gasteiger partial charge is 0.250 e. The molecule has 1 aromatic heterocycles. The van der Waals surface area contributed by atoms with Gasteiger partial charge < -0.3 is 10.6 Å². The molecule has 0 aromatic carbocycles. The van der Waals surface area contributed by atoms with Crippen LogP contribution in [0.15, 0.2) is 24.2 Å². The number of nitrogens with zero attached hydrogens (tertiary/aromatic N) is 2. The quantitative estimate of drug-likeness (QED) is 0.804. The third kappa shape index (κ3) is 2.80. The summed E-state index contributed by atoms with van der Waals surface area (Å²) in [5, 5.41) is 0. The second-order valence-corrected chi connectivity index (χ2v) is 3.51. The zero-order valence-electron chi connectivity index (χ0n) is 9.19.